The highest BCUT2D eigenvalue weighted by Crippen LogP contribution is 2.95. The number of aryl methyl sites for hydroxylation is 1. The summed E-state index contributed by atoms with van der Waals surface area (Å²) in [6, 6.07) is 4.27. The van der Waals surface area contributed by atoms with Crippen LogP contribution in [0.3, 0.4) is 0 Å². The summed E-state index contributed by atoms with van der Waals surface area (Å²) < 4.78 is 6.66. The molecule has 0 amide bonds. The van der Waals surface area contributed by atoms with Crippen LogP contribution in [0.1, 0.15) is 76.8 Å². The molecular formula is C22H30O2. The van der Waals surface area contributed by atoms with E-state index in [1.807, 2.05) is 6.07 Å². The average molecular weight is 326 g/mol. The molecular weight excluding hydrogens is 296 g/mol. The minimum Gasteiger partial charge on any atom is -0.508 e. The second kappa shape index (κ2) is 4.31. The SMILES string of the molecule is CCCCCc1cc(O)c2c(c1)O[C@]1(C)CCC3[C@@H]1C1(C)[C@@H]2C31C. The van der Waals surface area contributed by atoms with Crippen molar-refractivity contribution in [3.8, 4) is 11.5 Å². The summed E-state index contributed by atoms with van der Waals surface area (Å²) in [6.07, 6.45) is 7.17. The molecule has 0 saturated heterocycles. The zero-order valence-corrected chi connectivity index (χ0v) is 15.5. The quantitative estimate of drug-likeness (QED) is 0.748. The van der Waals surface area contributed by atoms with Crippen LogP contribution < -0.4 is 4.74 Å². The number of phenols is 1. The van der Waals surface area contributed by atoms with Gasteiger partial charge in [-0.15, -0.1) is 0 Å². The van der Waals surface area contributed by atoms with E-state index in [9.17, 15) is 5.11 Å². The molecule has 0 aromatic heterocycles. The van der Waals surface area contributed by atoms with Gasteiger partial charge in [0.05, 0.1) is 0 Å². The fraction of sp³-hybridized carbons (Fsp3) is 0.727. The Kier molecular flexibility index (Phi) is 2.72. The van der Waals surface area contributed by atoms with Crippen molar-refractivity contribution in [2.24, 2.45) is 22.7 Å². The summed E-state index contributed by atoms with van der Waals surface area (Å²) in [6.45, 7) is 9.48. The number of hydrogen-bond donors (Lipinski definition) is 1. The Hall–Kier alpha value is -1.18. The van der Waals surface area contributed by atoms with Gasteiger partial charge in [-0.2, -0.15) is 0 Å². The molecule has 4 aliphatic rings. The summed E-state index contributed by atoms with van der Waals surface area (Å²) in [5.41, 5.74) is 3.04. The highest BCUT2D eigenvalue weighted by molar-refractivity contribution is 5.60. The van der Waals surface area contributed by atoms with Gasteiger partial charge in [0.1, 0.15) is 17.1 Å². The Bertz CT molecular complexity index is 725. The molecule has 0 spiro atoms. The highest BCUT2D eigenvalue weighted by Gasteiger charge is 2.91. The normalized spacial score (nSPS) is 46.4. The lowest BCUT2D eigenvalue weighted by atomic mass is 9.57. The van der Waals surface area contributed by atoms with Crippen molar-refractivity contribution < 1.29 is 9.84 Å². The Morgan fingerprint density at radius 1 is 1.17 bits per heavy atom. The van der Waals surface area contributed by atoms with Crippen molar-refractivity contribution in [1.29, 1.82) is 0 Å². The first kappa shape index (κ1) is 15.1. The molecule has 2 heteroatoms. The number of rotatable bonds is 4. The molecule has 0 radical (unpaired) electrons. The van der Waals surface area contributed by atoms with Crippen molar-refractivity contribution in [1.82, 2.24) is 0 Å². The Labute approximate surface area is 145 Å². The molecule has 24 heavy (non-hydrogen) atoms. The number of fused-ring (bicyclic) bond motifs is 4. The predicted molar refractivity (Wildman–Crippen MR) is 95.5 cm³/mol. The van der Waals surface area contributed by atoms with Gasteiger partial charge >= 0.3 is 0 Å². The number of benzene rings is 1. The van der Waals surface area contributed by atoms with Crippen molar-refractivity contribution in [3.05, 3.63) is 23.3 Å². The van der Waals surface area contributed by atoms with Crippen LogP contribution >= 0.6 is 0 Å². The van der Waals surface area contributed by atoms with E-state index in [0.717, 1.165) is 23.7 Å². The van der Waals surface area contributed by atoms with Gasteiger partial charge in [-0.25, -0.2) is 0 Å². The largest absolute Gasteiger partial charge is 0.508 e. The number of phenolic OH excluding ortho intramolecular Hbond substituents is 1. The van der Waals surface area contributed by atoms with Crippen LogP contribution in [0.4, 0.5) is 0 Å². The first-order valence-electron chi connectivity index (χ1n) is 9.92. The minimum absolute atomic E-state index is 0.0343. The molecule has 1 aliphatic heterocycles. The second-order valence-electron chi connectivity index (χ2n) is 9.52. The van der Waals surface area contributed by atoms with Gasteiger partial charge in [0.15, 0.2) is 0 Å². The maximum absolute atomic E-state index is 10.9. The third-order valence-electron chi connectivity index (χ3n) is 8.59. The summed E-state index contributed by atoms with van der Waals surface area (Å²) in [4.78, 5) is 0. The average Bonchev–Trinajstić information content (AvgIpc) is 2.79. The van der Waals surface area contributed by atoms with Crippen LogP contribution in [0, 0.1) is 22.7 Å². The third-order valence-corrected chi connectivity index (χ3v) is 8.59. The van der Waals surface area contributed by atoms with E-state index in [1.165, 1.54) is 37.7 Å². The summed E-state index contributed by atoms with van der Waals surface area (Å²) >= 11 is 0. The van der Waals surface area contributed by atoms with Gasteiger partial charge in [-0.3, -0.25) is 0 Å². The molecule has 0 bridgehead atoms. The first-order valence-corrected chi connectivity index (χ1v) is 9.92. The predicted octanol–water partition coefficient (Wildman–Crippen LogP) is 5.43. The topological polar surface area (TPSA) is 29.5 Å². The van der Waals surface area contributed by atoms with Gasteiger partial charge in [-0.05, 0) is 67.1 Å². The fourth-order valence-corrected chi connectivity index (χ4v) is 7.51. The van der Waals surface area contributed by atoms with Gasteiger partial charge in [0.25, 0.3) is 0 Å². The second-order valence-corrected chi connectivity index (χ2v) is 9.52. The molecule has 3 unspecified atom stereocenters. The molecule has 1 aromatic carbocycles. The molecule has 130 valence electrons. The molecule has 1 aromatic rings. The molecule has 3 aliphatic carbocycles. The molecule has 6 atom stereocenters. The van der Waals surface area contributed by atoms with E-state index in [-0.39, 0.29) is 5.60 Å². The first-order chi connectivity index (χ1) is 11.4. The van der Waals surface area contributed by atoms with Gasteiger partial charge in [0, 0.05) is 17.4 Å². The molecule has 3 fully saturated rings. The lowest BCUT2D eigenvalue weighted by Gasteiger charge is -2.50. The summed E-state index contributed by atoms with van der Waals surface area (Å²) in [5, 5.41) is 10.9. The lowest BCUT2D eigenvalue weighted by molar-refractivity contribution is -0.0778. The minimum atomic E-state index is -0.0343. The third kappa shape index (κ3) is 1.42. The maximum Gasteiger partial charge on any atom is 0.127 e. The maximum atomic E-state index is 10.9. The molecule has 1 N–H and O–H groups in total. The van der Waals surface area contributed by atoms with E-state index in [1.54, 1.807) is 0 Å². The van der Waals surface area contributed by atoms with Crippen molar-refractivity contribution in [3.63, 3.8) is 0 Å². The molecule has 2 nitrogen and oxygen atoms in total. The number of ether oxygens (including phenoxy) is 1. The zero-order valence-electron chi connectivity index (χ0n) is 15.5. The van der Waals surface area contributed by atoms with Gasteiger partial charge in [0.2, 0.25) is 0 Å². The van der Waals surface area contributed by atoms with Crippen molar-refractivity contribution in [2.45, 2.75) is 77.7 Å². The van der Waals surface area contributed by atoms with Crippen LogP contribution in [0.2, 0.25) is 0 Å². The lowest BCUT2D eigenvalue weighted by Crippen LogP contribution is -2.52. The van der Waals surface area contributed by atoms with E-state index in [4.69, 9.17) is 4.74 Å². The number of unbranched alkanes of at least 4 members (excludes halogenated alkanes) is 2. The van der Waals surface area contributed by atoms with Crippen molar-refractivity contribution >= 4 is 0 Å². The summed E-state index contributed by atoms with van der Waals surface area (Å²) in [7, 11) is 0. The van der Waals surface area contributed by atoms with E-state index in [2.05, 4.69) is 33.8 Å². The van der Waals surface area contributed by atoms with Crippen LogP contribution in [0.5, 0.6) is 11.5 Å². The van der Waals surface area contributed by atoms with Crippen LogP contribution in [-0.2, 0) is 6.42 Å². The van der Waals surface area contributed by atoms with Gasteiger partial charge < -0.3 is 9.84 Å². The van der Waals surface area contributed by atoms with Crippen molar-refractivity contribution in [2.75, 3.05) is 0 Å². The molecule has 3 saturated carbocycles. The smallest absolute Gasteiger partial charge is 0.127 e. The number of aromatic hydroxyl groups is 1. The monoisotopic (exact) mass is 326 g/mol. The highest BCUT2D eigenvalue weighted by atomic mass is 16.5. The Morgan fingerprint density at radius 2 is 1.96 bits per heavy atom. The Morgan fingerprint density at radius 3 is 2.71 bits per heavy atom. The van der Waals surface area contributed by atoms with Crippen LogP contribution in [-0.4, -0.2) is 10.7 Å². The molecule has 1 heterocycles. The number of hydrogen-bond acceptors (Lipinski definition) is 2. The van der Waals surface area contributed by atoms with E-state index in [0.29, 0.717) is 28.4 Å². The van der Waals surface area contributed by atoms with Crippen LogP contribution in [0.25, 0.3) is 0 Å². The van der Waals surface area contributed by atoms with E-state index < -0.39 is 0 Å². The summed E-state index contributed by atoms with van der Waals surface area (Å²) in [5.74, 6) is 3.42. The standard InChI is InChI=1S/C22H30O2/c1-5-6-7-8-13-11-15(23)17-16(12-13)24-20(2)10-9-14-18(20)22(4)19(17)21(14,22)3/h11-12,14,18-19,23H,5-10H2,1-4H3/t14?,18-,19-,20+,21?,22?/m0/s1. The molecule has 5 rings (SSSR count). The Balaban J connectivity index is 1.59. The van der Waals surface area contributed by atoms with E-state index >= 15 is 0 Å². The van der Waals surface area contributed by atoms with Gasteiger partial charge in [-0.1, -0.05) is 33.6 Å². The zero-order chi connectivity index (χ0) is 16.9. The van der Waals surface area contributed by atoms with Crippen LogP contribution in [0.15, 0.2) is 12.1 Å². The fourth-order valence-electron chi connectivity index (χ4n) is 7.51.